The van der Waals surface area contributed by atoms with Gasteiger partial charge < -0.3 is 0 Å². The molecule has 12 heavy (non-hydrogen) atoms. The summed E-state index contributed by atoms with van der Waals surface area (Å²) in [6.07, 6.45) is 1.58. The Morgan fingerprint density at radius 2 is 2.33 bits per heavy atom. The van der Waals surface area contributed by atoms with E-state index in [0.29, 0.717) is 11.5 Å². The van der Waals surface area contributed by atoms with Crippen LogP contribution in [0.25, 0.3) is 0 Å². The van der Waals surface area contributed by atoms with Gasteiger partial charge in [-0.15, -0.1) is 0 Å². The molecule has 1 amide bonds. The molecule has 0 saturated carbocycles. The molecule has 0 saturated heterocycles. The van der Waals surface area contributed by atoms with Gasteiger partial charge in [0.05, 0.1) is 0 Å². The molecule has 5 heteroatoms. The first kappa shape index (κ1) is 7.15. The fraction of sp³-hybridized carbons (Fsp3) is 0.143. The molecule has 0 bridgehead atoms. The number of rotatable bonds is 0. The van der Waals surface area contributed by atoms with Gasteiger partial charge in [-0.1, -0.05) is 0 Å². The van der Waals surface area contributed by atoms with Crippen LogP contribution in [0.15, 0.2) is 6.20 Å². The van der Waals surface area contributed by atoms with Crippen LogP contribution in [-0.2, 0) is 4.79 Å². The Morgan fingerprint density at radius 1 is 1.58 bits per heavy atom. The van der Waals surface area contributed by atoms with Crippen LogP contribution in [0.2, 0.25) is 0 Å². The summed E-state index contributed by atoms with van der Waals surface area (Å²) in [4.78, 5) is 19.0. The van der Waals surface area contributed by atoms with Gasteiger partial charge in [-0.05, 0) is 0 Å². The number of aromatic nitrogens is 2. The van der Waals surface area contributed by atoms with Gasteiger partial charge in [0.1, 0.15) is 0 Å². The van der Waals surface area contributed by atoms with Crippen LogP contribution in [-0.4, -0.2) is 28.8 Å². The molecule has 2 rings (SSSR count). The molecule has 1 radical (unpaired) electrons. The fourth-order valence-electron chi connectivity index (χ4n) is 1.04. The number of hydrogen-bond acceptors (Lipinski definition) is 3. The quantitative estimate of drug-likeness (QED) is 0.514. The average molecular weight is 158 g/mol. The van der Waals surface area contributed by atoms with Gasteiger partial charge in [0, 0.05) is 0 Å². The second-order valence-corrected chi connectivity index (χ2v) is 2.58. The molecule has 1 aliphatic heterocycles. The minimum atomic E-state index is -0.324. The summed E-state index contributed by atoms with van der Waals surface area (Å²) < 4.78 is 0. The third-order valence-corrected chi connectivity index (χ3v) is 1.62. The van der Waals surface area contributed by atoms with Crippen molar-refractivity contribution in [3.05, 3.63) is 17.6 Å². The first-order valence-electron chi connectivity index (χ1n) is 3.46. The fourth-order valence-corrected chi connectivity index (χ4v) is 1.04. The zero-order chi connectivity index (χ0) is 8.72. The number of nitrogens with one attached hydrogen (secondary N) is 1. The molecule has 0 aliphatic carbocycles. The molecule has 0 unspecified atom stereocenters. The maximum absolute atomic E-state index is 11.0. The van der Waals surface area contributed by atoms with Crippen LogP contribution in [0.3, 0.4) is 0 Å². The predicted octanol–water partition coefficient (Wildman–Crippen LogP) is -0.574. The first-order valence-corrected chi connectivity index (χ1v) is 3.46. The van der Waals surface area contributed by atoms with Crippen molar-refractivity contribution in [3.63, 3.8) is 0 Å². The van der Waals surface area contributed by atoms with Gasteiger partial charge in [0.2, 0.25) is 0 Å². The molecule has 0 spiro atoms. The van der Waals surface area contributed by atoms with Crippen LogP contribution in [0.5, 0.6) is 0 Å². The molecule has 0 fully saturated rings. The second kappa shape index (κ2) is 2.23. The number of nitrogens with zero attached hydrogens (tertiary/aromatic N) is 2. The van der Waals surface area contributed by atoms with Crippen molar-refractivity contribution in [3.8, 4) is 0 Å². The number of anilines is 1. The average Bonchev–Trinajstić information content (AvgIpc) is 2.28. The molecule has 1 N–H and O–H groups in total. The van der Waals surface area contributed by atoms with E-state index in [1.165, 1.54) is 0 Å². The Labute approximate surface area is 70.1 Å². The Bertz CT molecular complexity index is 388. The zero-order valence-electron chi connectivity index (χ0n) is 6.46. The van der Waals surface area contributed by atoms with Crippen LogP contribution in [0.1, 0.15) is 11.4 Å². The molecule has 1 aliphatic rings. The number of carbonyl (C=O) groups excluding carboxylic acids is 1. The summed E-state index contributed by atoms with van der Waals surface area (Å²) in [5, 5.41) is 2.51. The van der Waals surface area contributed by atoms with E-state index in [2.05, 4.69) is 15.3 Å². The number of aryl methyl sites for hydroxylation is 1. The van der Waals surface area contributed by atoms with Crippen molar-refractivity contribution in [2.75, 3.05) is 5.32 Å². The van der Waals surface area contributed by atoms with E-state index in [9.17, 15) is 4.79 Å². The van der Waals surface area contributed by atoms with Crippen molar-refractivity contribution >= 4 is 24.7 Å². The van der Waals surface area contributed by atoms with Gasteiger partial charge in [0.15, 0.2) is 0 Å². The number of fused-ring (bicyclic) bond motifs is 1. The van der Waals surface area contributed by atoms with Gasteiger partial charge >= 0.3 is 69.3 Å². The Kier molecular flexibility index (Phi) is 1.33. The predicted molar refractivity (Wildman–Crippen MR) is 45.3 cm³/mol. The van der Waals surface area contributed by atoms with E-state index in [-0.39, 0.29) is 11.4 Å². The van der Waals surface area contributed by atoms with E-state index < -0.39 is 0 Å². The monoisotopic (exact) mass is 158 g/mol. The van der Waals surface area contributed by atoms with Crippen molar-refractivity contribution in [1.82, 2.24) is 9.97 Å². The van der Waals surface area contributed by atoms with Crippen LogP contribution < -0.4 is 5.32 Å². The topological polar surface area (TPSA) is 54.9 Å². The third kappa shape index (κ3) is 0.862. The standard InChI is InChI=1S/C7H5BN3O/c1-3-2-9-5-4(8)7(12)11-6(5)10-3/h2H,1H3,(H,10,11,12). The van der Waals surface area contributed by atoms with Gasteiger partial charge in [-0.2, -0.15) is 0 Å². The van der Waals surface area contributed by atoms with Crippen LogP contribution in [0, 0.1) is 6.92 Å². The van der Waals surface area contributed by atoms with Gasteiger partial charge in [-0.25, -0.2) is 0 Å². The van der Waals surface area contributed by atoms with Crippen molar-refractivity contribution in [2.45, 2.75) is 6.92 Å². The van der Waals surface area contributed by atoms with Crippen molar-refractivity contribution < 1.29 is 4.79 Å². The normalized spacial score (nSPS) is 14.3. The van der Waals surface area contributed by atoms with E-state index in [1.807, 2.05) is 0 Å². The van der Waals surface area contributed by atoms with E-state index in [0.717, 1.165) is 5.69 Å². The molecule has 2 heterocycles. The van der Waals surface area contributed by atoms with Gasteiger partial charge in [-0.3, -0.25) is 0 Å². The SMILES string of the molecule is [B]=C1C(=O)Nc2nc(C)cnc21. The molecule has 1 aromatic rings. The molecule has 4 nitrogen and oxygen atoms in total. The zero-order valence-corrected chi connectivity index (χ0v) is 6.46. The second-order valence-electron chi connectivity index (χ2n) is 2.58. The molecule has 57 valence electrons. The summed E-state index contributed by atoms with van der Waals surface area (Å²) >= 11 is 0. The van der Waals surface area contributed by atoms with Crippen LogP contribution >= 0.6 is 0 Å². The summed E-state index contributed by atoms with van der Waals surface area (Å²) in [7, 11) is 5.44. The van der Waals surface area contributed by atoms with E-state index in [1.54, 1.807) is 13.1 Å². The molecular formula is C7H5BN3O. The number of carbonyl (C=O) groups is 1. The van der Waals surface area contributed by atoms with Gasteiger partial charge in [0.25, 0.3) is 0 Å². The summed E-state index contributed by atoms with van der Waals surface area (Å²) in [6.45, 7) is 1.80. The summed E-state index contributed by atoms with van der Waals surface area (Å²) in [6, 6.07) is 0. The van der Waals surface area contributed by atoms with Crippen molar-refractivity contribution in [2.24, 2.45) is 0 Å². The maximum atomic E-state index is 11.0. The van der Waals surface area contributed by atoms with E-state index in [4.69, 9.17) is 7.49 Å². The molecular weight excluding hydrogens is 153 g/mol. The number of hydrogen-bond donors (Lipinski definition) is 1. The Balaban J connectivity index is 2.62. The minimum absolute atomic E-state index is 0.137. The summed E-state index contributed by atoms with van der Waals surface area (Å²) in [5.74, 6) is 0.133. The van der Waals surface area contributed by atoms with E-state index >= 15 is 0 Å². The van der Waals surface area contributed by atoms with Crippen LogP contribution in [0.4, 0.5) is 5.82 Å². The summed E-state index contributed by atoms with van der Waals surface area (Å²) in [5.41, 5.74) is 1.34. The first-order chi connectivity index (χ1) is 5.68. The molecule has 0 aromatic carbocycles. The molecule has 1 aromatic heterocycles. The third-order valence-electron chi connectivity index (χ3n) is 1.62. The van der Waals surface area contributed by atoms with Crippen molar-refractivity contribution in [1.29, 1.82) is 0 Å². The Hall–Kier alpha value is -1.52. The number of amides is 1. The molecule has 0 atom stereocenters. The Morgan fingerprint density at radius 3 is 3.08 bits per heavy atom.